The Labute approximate surface area is 86.1 Å². The number of aliphatic carboxylic acids is 1. The highest BCUT2D eigenvalue weighted by Crippen LogP contribution is 2.12. The van der Waals surface area contributed by atoms with Gasteiger partial charge in [0.15, 0.2) is 5.54 Å². The Balaban J connectivity index is 2.90. The third-order valence-electron chi connectivity index (χ3n) is 1.78. The fraction of sp³-hybridized carbons (Fsp3) is 0.375. The normalized spacial score (nSPS) is 14.1. The fourth-order valence-electron chi connectivity index (χ4n) is 0.961. The lowest BCUT2D eigenvalue weighted by Crippen LogP contribution is -2.37. The van der Waals surface area contributed by atoms with Crippen LogP contribution in [0.3, 0.4) is 0 Å². The Morgan fingerprint density at radius 3 is 3.00 bits per heavy atom. The standard InChI is InChI=1S/C8H9N3O2S/c1-8(7(12)13,9-6-14)5-11-4-2-3-10-11/h2-4H,5H2,1H3,(H,12,13). The molecule has 0 radical (unpaired) electrons. The molecular weight excluding hydrogens is 202 g/mol. The van der Waals surface area contributed by atoms with Gasteiger partial charge in [-0.1, -0.05) is 0 Å². The third kappa shape index (κ3) is 2.25. The number of aliphatic imine (C=N–C) groups is 1. The molecular formula is C8H9N3O2S. The first kappa shape index (κ1) is 10.6. The van der Waals surface area contributed by atoms with E-state index in [9.17, 15) is 4.79 Å². The molecule has 6 heteroatoms. The van der Waals surface area contributed by atoms with Gasteiger partial charge in [0.2, 0.25) is 0 Å². The van der Waals surface area contributed by atoms with Gasteiger partial charge in [-0.3, -0.25) is 4.68 Å². The molecule has 0 aliphatic heterocycles. The summed E-state index contributed by atoms with van der Waals surface area (Å²) in [6.45, 7) is 1.61. The lowest BCUT2D eigenvalue weighted by atomic mass is 10.0. The van der Waals surface area contributed by atoms with Crippen LogP contribution in [0.5, 0.6) is 0 Å². The molecule has 0 bridgehead atoms. The van der Waals surface area contributed by atoms with Crippen molar-refractivity contribution in [1.82, 2.24) is 9.78 Å². The predicted molar refractivity (Wildman–Crippen MR) is 53.3 cm³/mol. The van der Waals surface area contributed by atoms with Crippen molar-refractivity contribution in [3.8, 4) is 0 Å². The molecule has 0 amide bonds. The maximum atomic E-state index is 10.9. The monoisotopic (exact) mass is 211 g/mol. The van der Waals surface area contributed by atoms with E-state index in [-0.39, 0.29) is 6.54 Å². The highest BCUT2D eigenvalue weighted by molar-refractivity contribution is 7.78. The highest BCUT2D eigenvalue weighted by atomic mass is 32.1. The summed E-state index contributed by atoms with van der Waals surface area (Å²) in [5.41, 5.74) is -1.30. The number of carboxylic acid groups (broad SMARTS) is 1. The molecule has 1 unspecified atom stereocenters. The Morgan fingerprint density at radius 1 is 1.86 bits per heavy atom. The SMILES string of the molecule is CC(Cn1cccn1)(N=C=S)C(=O)O. The van der Waals surface area contributed by atoms with E-state index in [4.69, 9.17) is 5.11 Å². The van der Waals surface area contributed by atoms with Gasteiger partial charge in [0.25, 0.3) is 0 Å². The summed E-state index contributed by atoms with van der Waals surface area (Å²) in [5.74, 6) is -1.05. The third-order valence-corrected chi connectivity index (χ3v) is 1.87. The number of thiocarbonyl (C=S) groups is 1. The van der Waals surface area contributed by atoms with Gasteiger partial charge in [-0.2, -0.15) is 5.10 Å². The van der Waals surface area contributed by atoms with Crippen LogP contribution < -0.4 is 0 Å². The smallest absolute Gasteiger partial charge is 0.334 e. The molecule has 0 aliphatic carbocycles. The van der Waals surface area contributed by atoms with Gasteiger partial charge in [0.05, 0.1) is 11.7 Å². The number of hydrogen-bond acceptors (Lipinski definition) is 4. The summed E-state index contributed by atoms with van der Waals surface area (Å²) < 4.78 is 1.49. The van der Waals surface area contributed by atoms with Crippen molar-refractivity contribution in [2.45, 2.75) is 19.0 Å². The number of nitrogens with zero attached hydrogens (tertiary/aromatic N) is 3. The van der Waals surface area contributed by atoms with Crippen LogP contribution >= 0.6 is 12.2 Å². The van der Waals surface area contributed by atoms with E-state index in [1.807, 2.05) is 0 Å². The molecule has 0 fully saturated rings. The van der Waals surface area contributed by atoms with Crippen molar-refractivity contribution in [2.75, 3.05) is 0 Å². The molecule has 0 saturated carbocycles. The first-order chi connectivity index (χ1) is 6.58. The molecule has 1 heterocycles. The molecule has 1 aromatic rings. The zero-order valence-corrected chi connectivity index (χ0v) is 8.36. The predicted octanol–water partition coefficient (Wildman–Crippen LogP) is 0.829. The van der Waals surface area contributed by atoms with E-state index < -0.39 is 11.5 Å². The summed E-state index contributed by atoms with van der Waals surface area (Å²) in [7, 11) is 0. The number of carbonyl (C=O) groups is 1. The average molecular weight is 211 g/mol. The van der Waals surface area contributed by atoms with Crippen LogP contribution in [0.4, 0.5) is 0 Å². The van der Waals surface area contributed by atoms with Crippen molar-refractivity contribution >= 4 is 23.3 Å². The summed E-state index contributed by atoms with van der Waals surface area (Å²) in [6.07, 6.45) is 3.24. The summed E-state index contributed by atoms with van der Waals surface area (Å²) in [6, 6.07) is 1.71. The van der Waals surface area contributed by atoms with Crippen LogP contribution in [0, 0.1) is 0 Å². The molecule has 0 aromatic carbocycles. The minimum absolute atomic E-state index is 0.138. The molecule has 74 valence electrons. The second-order valence-corrected chi connectivity index (χ2v) is 3.17. The van der Waals surface area contributed by atoms with E-state index in [0.29, 0.717) is 0 Å². The van der Waals surface area contributed by atoms with Gasteiger partial charge in [0.1, 0.15) is 0 Å². The van der Waals surface area contributed by atoms with Crippen LogP contribution in [0.15, 0.2) is 23.5 Å². The Morgan fingerprint density at radius 2 is 2.57 bits per heavy atom. The molecule has 1 N–H and O–H groups in total. The lowest BCUT2D eigenvalue weighted by Gasteiger charge is -2.17. The molecule has 1 aromatic heterocycles. The summed E-state index contributed by atoms with van der Waals surface area (Å²) in [4.78, 5) is 14.6. The summed E-state index contributed by atoms with van der Waals surface area (Å²) in [5, 5.41) is 14.9. The minimum Gasteiger partial charge on any atom is -0.479 e. The number of carboxylic acids is 1. The second kappa shape index (κ2) is 4.13. The minimum atomic E-state index is -1.30. The molecule has 0 spiro atoms. The van der Waals surface area contributed by atoms with Crippen LogP contribution in [0.2, 0.25) is 0 Å². The first-order valence-corrected chi connectivity index (χ1v) is 4.29. The Kier molecular flexibility index (Phi) is 3.11. The van der Waals surface area contributed by atoms with Gasteiger partial charge in [-0.05, 0) is 25.2 Å². The quantitative estimate of drug-likeness (QED) is 0.591. The summed E-state index contributed by atoms with van der Waals surface area (Å²) >= 11 is 4.41. The van der Waals surface area contributed by atoms with E-state index in [0.717, 1.165) is 0 Å². The van der Waals surface area contributed by atoms with Gasteiger partial charge in [0, 0.05) is 12.4 Å². The second-order valence-electron chi connectivity index (χ2n) is 2.99. The number of rotatable bonds is 4. The molecule has 1 rings (SSSR count). The van der Waals surface area contributed by atoms with Crippen molar-refractivity contribution in [3.63, 3.8) is 0 Å². The first-order valence-electron chi connectivity index (χ1n) is 3.88. The Bertz CT molecular complexity index is 366. The van der Waals surface area contributed by atoms with Crippen molar-refractivity contribution in [2.24, 2.45) is 4.99 Å². The van der Waals surface area contributed by atoms with Gasteiger partial charge in [-0.25, -0.2) is 9.79 Å². The maximum absolute atomic E-state index is 10.9. The van der Waals surface area contributed by atoms with E-state index in [2.05, 4.69) is 27.5 Å². The number of hydrogen-bond donors (Lipinski definition) is 1. The number of isothiocyanates is 1. The van der Waals surface area contributed by atoms with E-state index in [1.165, 1.54) is 11.6 Å². The average Bonchev–Trinajstić information content (AvgIpc) is 2.56. The lowest BCUT2D eigenvalue weighted by molar-refractivity contribution is -0.143. The van der Waals surface area contributed by atoms with Crippen LogP contribution in [-0.4, -0.2) is 31.6 Å². The molecule has 14 heavy (non-hydrogen) atoms. The van der Waals surface area contributed by atoms with Gasteiger partial charge >= 0.3 is 5.97 Å². The van der Waals surface area contributed by atoms with Crippen molar-refractivity contribution < 1.29 is 9.90 Å². The largest absolute Gasteiger partial charge is 0.479 e. The number of aromatic nitrogens is 2. The van der Waals surface area contributed by atoms with E-state index >= 15 is 0 Å². The van der Waals surface area contributed by atoms with Crippen LogP contribution in [0.25, 0.3) is 0 Å². The zero-order valence-electron chi connectivity index (χ0n) is 7.54. The zero-order chi connectivity index (χ0) is 10.6. The van der Waals surface area contributed by atoms with Crippen molar-refractivity contribution in [3.05, 3.63) is 18.5 Å². The molecule has 5 nitrogen and oxygen atoms in total. The molecule has 1 atom stereocenters. The highest BCUT2D eigenvalue weighted by Gasteiger charge is 2.33. The maximum Gasteiger partial charge on any atom is 0.334 e. The van der Waals surface area contributed by atoms with Crippen LogP contribution in [0.1, 0.15) is 6.92 Å². The molecule has 0 saturated heterocycles. The molecule has 0 aliphatic rings. The topological polar surface area (TPSA) is 67.5 Å². The Hall–Kier alpha value is -1.52. The van der Waals surface area contributed by atoms with Crippen LogP contribution in [-0.2, 0) is 11.3 Å². The fourth-order valence-corrected chi connectivity index (χ4v) is 1.16. The van der Waals surface area contributed by atoms with E-state index in [1.54, 1.807) is 18.5 Å². The van der Waals surface area contributed by atoms with Gasteiger partial charge < -0.3 is 5.11 Å². The van der Waals surface area contributed by atoms with Gasteiger partial charge in [-0.15, -0.1) is 0 Å². The van der Waals surface area contributed by atoms with Crippen molar-refractivity contribution in [1.29, 1.82) is 0 Å².